The average Bonchev–Trinajstić information content (AvgIpc) is 3.13. The van der Waals surface area contributed by atoms with Gasteiger partial charge < -0.3 is 14.5 Å². The van der Waals surface area contributed by atoms with Crippen molar-refractivity contribution in [1.29, 1.82) is 0 Å². The first-order valence-corrected chi connectivity index (χ1v) is 9.34. The molecule has 1 aromatic heterocycles. The molecule has 2 amide bonds. The van der Waals surface area contributed by atoms with Crippen molar-refractivity contribution in [2.45, 2.75) is 51.0 Å². The van der Waals surface area contributed by atoms with E-state index < -0.39 is 0 Å². The van der Waals surface area contributed by atoms with Gasteiger partial charge in [0, 0.05) is 37.7 Å². The molecule has 0 bridgehead atoms. The van der Waals surface area contributed by atoms with Crippen molar-refractivity contribution in [2.75, 3.05) is 31.1 Å². The summed E-state index contributed by atoms with van der Waals surface area (Å²) in [6, 6.07) is 3.67. The first kappa shape index (κ1) is 17.9. The maximum atomic E-state index is 13.0. The van der Waals surface area contributed by atoms with Gasteiger partial charge in [-0.05, 0) is 37.8 Å². The van der Waals surface area contributed by atoms with E-state index in [4.69, 9.17) is 4.74 Å². The molecule has 3 heterocycles. The zero-order valence-corrected chi connectivity index (χ0v) is 14.7. The molecule has 1 aromatic rings. The van der Waals surface area contributed by atoms with Crippen LogP contribution in [0.4, 0.5) is 5.69 Å². The predicted molar refractivity (Wildman–Crippen MR) is 95.2 cm³/mol. The fourth-order valence-electron chi connectivity index (χ4n) is 3.50. The molecular formula is C19H27N3O3. The number of hydrogen-bond acceptors (Lipinski definition) is 4. The monoisotopic (exact) mass is 345 g/mol. The molecule has 0 saturated carbocycles. The van der Waals surface area contributed by atoms with Gasteiger partial charge in [-0.3, -0.25) is 14.6 Å². The number of nitrogens with zero attached hydrogens (tertiary/aromatic N) is 3. The summed E-state index contributed by atoms with van der Waals surface area (Å²) in [5.41, 5.74) is 0.815. The Morgan fingerprint density at radius 1 is 1.20 bits per heavy atom. The Bertz CT molecular complexity index is 573. The molecule has 0 unspecified atom stereocenters. The molecule has 1 atom stereocenters. The minimum absolute atomic E-state index is 0.0457. The highest BCUT2D eigenvalue weighted by molar-refractivity contribution is 5.96. The fraction of sp³-hybridized carbons (Fsp3) is 0.632. The number of pyridine rings is 1. The Kier molecular flexibility index (Phi) is 6.39. The lowest BCUT2D eigenvalue weighted by molar-refractivity contribution is -0.135. The largest absolute Gasteiger partial charge is 0.376 e. The number of anilines is 1. The van der Waals surface area contributed by atoms with Crippen LogP contribution in [0.5, 0.6) is 0 Å². The number of carbonyl (C=O) groups excluding carboxylic acids is 2. The molecule has 2 aliphatic heterocycles. The number of hydrogen-bond donors (Lipinski definition) is 0. The topological polar surface area (TPSA) is 62.7 Å². The third-order valence-corrected chi connectivity index (χ3v) is 4.93. The molecule has 3 rings (SSSR count). The van der Waals surface area contributed by atoms with E-state index in [0.717, 1.165) is 50.8 Å². The second-order valence-corrected chi connectivity index (χ2v) is 6.82. The summed E-state index contributed by atoms with van der Waals surface area (Å²) in [5.74, 6) is 0.0514. The smallest absolute Gasteiger partial charge is 0.246 e. The van der Waals surface area contributed by atoms with Gasteiger partial charge in [-0.25, -0.2) is 0 Å². The molecular weight excluding hydrogens is 318 g/mol. The van der Waals surface area contributed by atoms with Crippen molar-refractivity contribution in [3.05, 3.63) is 24.5 Å². The average molecular weight is 345 g/mol. The highest BCUT2D eigenvalue weighted by Gasteiger charge is 2.26. The van der Waals surface area contributed by atoms with Crippen LogP contribution < -0.4 is 4.90 Å². The van der Waals surface area contributed by atoms with Gasteiger partial charge in [0.1, 0.15) is 6.54 Å². The van der Waals surface area contributed by atoms with Crippen molar-refractivity contribution in [2.24, 2.45) is 0 Å². The molecule has 0 aromatic carbocycles. The van der Waals surface area contributed by atoms with Crippen LogP contribution >= 0.6 is 0 Å². The summed E-state index contributed by atoms with van der Waals surface area (Å²) in [4.78, 5) is 32.8. The maximum absolute atomic E-state index is 13.0. The second-order valence-electron chi connectivity index (χ2n) is 6.82. The molecule has 0 spiro atoms. The SMILES string of the molecule is O=C1CCCCCCN1CC(=O)N(C[C@H]1CCCO1)c1ccncc1. The third-order valence-electron chi connectivity index (χ3n) is 4.93. The zero-order chi connectivity index (χ0) is 17.5. The van der Waals surface area contributed by atoms with Gasteiger partial charge in [-0.1, -0.05) is 12.8 Å². The summed E-state index contributed by atoms with van der Waals surface area (Å²) in [6.45, 7) is 2.11. The van der Waals surface area contributed by atoms with Crippen molar-refractivity contribution in [1.82, 2.24) is 9.88 Å². The van der Waals surface area contributed by atoms with Crippen LogP contribution in [-0.4, -0.2) is 54.0 Å². The molecule has 6 nitrogen and oxygen atoms in total. The minimum Gasteiger partial charge on any atom is -0.376 e. The number of amides is 2. The van der Waals surface area contributed by atoms with Crippen LogP contribution in [0.3, 0.4) is 0 Å². The molecule has 0 radical (unpaired) electrons. The molecule has 2 fully saturated rings. The molecule has 0 N–H and O–H groups in total. The highest BCUT2D eigenvalue weighted by Crippen LogP contribution is 2.20. The Hall–Kier alpha value is -1.95. The van der Waals surface area contributed by atoms with E-state index in [-0.39, 0.29) is 24.5 Å². The van der Waals surface area contributed by atoms with Gasteiger partial charge in [-0.2, -0.15) is 0 Å². The van der Waals surface area contributed by atoms with Crippen LogP contribution in [0, 0.1) is 0 Å². The van der Waals surface area contributed by atoms with E-state index in [1.807, 2.05) is 12.1 Å². The quantitative estimate of drug-likeness (QED) is 0.822. The second kappa shape index (κ2) is 8.94. The lowest BCUT2D eigenvalue weighted by atomic mass is 10.1. The van der Waals surface area contributed by atoms with Crippen LogP contribution in [-0.2, 0) is 14.3 Å². The van der Waals surface area contributed by atoms with Gasteiger partial charge in [0.05, 0.1) is 12.6 Å². The summed E-state index contributed by atoms with van der Waals surface area (Å²) in [6.07, 6.45) is 10.1. The van der Waals surface area contributed by atoms with E-state index in [2.05, 4.69) is 4.98 Å². The van der Waals surface area contributed by atoms with E-state index in [1.54, 1.807) is 22.2 Å². The summed E-state index contributed by atoms with van der Waals surface area (Å²) < 4.78 is 5.71. The van der Waals surface area contributed by atoms with Gasteiger partial charge in [0.2, 0.25) is 11.8 Å². The first-order chi connectivity index (χ1) is 12.2. The van der Waals surface area contributed by atoms with Gasteiger partial charge in [0.15, 0.2) is 0 Å². The molecule has 0 aliphatic carbocycles. The van der Waals surface area contributed by atoms with Crippen molar-refractivity contribution < 1.29 is 14.3 Å². The van der Waals surface area contributed by atoms with E-state index in [9.17, 15) is 9.59 Å². The zero-order valence-electron chi connectivity index (χ0n) is 14.7. The van der Waals surface area contributed by atoms with E-state index in [1.165, 1.54) is 0 Å². The van der Waals surface area contributed by atoms with Crippen LogP contribution in [0.1, 0.15) is 44.9 Å². The Labute approximate surface area is 149 Å². The van der Waals surface area contributed by atoms with E-state index in [0.29, 0.717) is 19.5 Å². The first-order valence-electron chi connectivity index (χ1n) is 9.34. The Morgan fingerprint density at radius 3 is 2.76 bits per heavy atom. The predicted octanol–water partition coefficient (Wildman–Crippen LogP) is 2.39. The summed E-state index contributed by atoms with van der Waals surface area (Å²) in [7, 11) is 0. The number of ether oxygens (including phenoxy) is 1. The molecule has 6 heteroatoms. The fourth-order valence-corrected chi connectivity index (χ4v) is 3.50. The maximum Gasteiger partial charge on any atom is 0.246 e. The van der Waals surface area contributed by atoms with Gasteiger partial charge >= 0.3 is 0 Å². The standard InChI is InChI=1S/C19H27N3O3/c23-18-7-3-1-2-4-12-21(18)15-19(24)22(14-17-6-5-13-25-17)16-8-10-20-11-9-16/h8-11,17H,1-7,12-15H2/t17-/m1/s1. The minimum atomic E-state index is -0.0457. The van der Waals surface area contributed by atoms with Crippen molar-refractivity contribution in [3.63, 3.8) is 0 Å². The van der Waals surface area contributed by atoms with Crippen LogP contribution in [0.15, 0.2) is 24.5 Å². The number of carbonyl (C=O) groups is 2. The molecule has 136 valence electrons. The highest BCUT2D eigenvalue weighted by atomic mass is 16.5. The lowest BCUT2D eigenvalue weighted by Gasteiger charge is -2.30. The van der Waals surface area contributed by atoms with Crippen LogP contribution in [0.25, 0.3) is 0 Å². The van der Waals surface area contributed by atoms with Crippen molar-refractivity contribution >= 4 is 17.5 Å². The molecule has 2 saturated heterocycles. The summed E-state index contributed by atoms with van der Waals surface area (Å²) >= 11 is 0. The van der Waals surface area contributed by atoms with Gasteiger partial charge in [-0.15, -0.1) is 0 Å². The number of aromatic nitrogens is 1. The lowest BCUT2D eigenvalue weighted by Crippen LogP contribution is -2.46. The van der Waals surface area contributed by atoms with Crippen LogP contribution in [0.2, 0.25) is 0 Å². The molecule has 25 heavy (non-hydrogen) atoms. The third kappa shape index (κ3) is 5.01. The van der Waals surface area contributed by atoms with E-state index >= 15 is 0 Å². The molecule has 2 aliphatic rings. The summed E-state index contributed by atoms with van der Waals surface area (Å²) in [5, 5.41) is 0. The van der Waals surface area contributed by atoms with Gasteiger partial charge in [0.25, 0.3) is 0 Å². The van der Waals surface area contributed by atoms with Crippen molar-refractivity contribution in [3.8, 4) is 0 Å². The Morgan fingerprint density at radius 2 is 2.00 bits per heavy atom. The number of rotatable bonds is 5. The Balaban J connectivity index is 1.70. The number of likely N-dealkylation sites (tertiary alicyclic amines) is 1. The normalized spacial score (nSPS) is 21.7.